The summed E-state index contributed by atoms with van der Waals surface area (Å²) in [4.78, 5) is 12.1. The molecular weight excluding hydrogens is 374 g/mol. The van der Waals surface area contributed by atoms with Gasteiger partial charge in [-0.2, -0.15) is 13.2 Å². The van der Waals surface area contributed by atoms with E-state index in [2.05, 4.69) is 5.32 Å². The first-order valence-electron chi connectivity index (χ1n) is 7.44. The molecule has 9 heteroatoms. The number of para-hydroxylation sites is 1. The molecule has 1 atom stereocenters. The second-order valence-electron chi connectivity index (χ2n) is 5.62. The van der Waals surface area contributed by atoms with E-state index in [1.165, 1.54) is 24.3 Å². The molecule has 1 unspecified atom stereocenters. The van der Waals surface area contributed by atoms with Gasteiger partial charge in [-0.1, -0.05) is 30.3 Å². The fourth-order valence-corrected chi connectivity index (χ4v) is 3.43. The van der Waals surface area contributed by atoms with Crippen LogP contribution >= 0.6 is 0 Å². The number of hydrogen-bond donors (Lipinski definition) is 1. The molecule has 26 heavy (non-hydrogen) atoms. The number of amides is 1. The molecule has 0 aromatic heterocycles. The lowest BCUT2D eigenvalue weighted by Gasteiger charge is -2.14. The number of carbonyl (C=O) groups is 1. The number of carbonyl (C=O) groups excluding carboxylic acids is 1. The van der Waals surface area contributed by atoms with Crippen molar-refractivity contribution in [3.8, 4) is 0 Å². The Morgan fingerprint density at radius 1 is 1.12 bits per heavy atom. The number of hydrogen-bond acceptors (Lipinski definition) is 3. The number of nitrogens with one attached hydrogen (secondary N) is 1. The quantitative estimate of drug-likeness (QED) is 0.792. The zero-order valence-electron chi connectivity index (χ0n) is 13.5. The van der Waals surface area contributed by atoms with Crippen molar-refractivity contribution >= 4 is 21.4 Å². The molecule has 0 spiro atoms. The van der Waals surface area contributed by atoms with Gasteiger partial charge in [-0.25, -0.2) is 12.8 Å². The van der Waals surface area contributed by atoms with Crippen LogP contribution in [0.1, 0.15) is 18.1 Å². The highest BCUT2D eigenvalue weighted by Crippen LogP contribution is 2.30. The summed E-state index contributed by atoms with van der Waals surface area (Å²) in [7, 11) is -4.11. The van der Waals surface area contributed by atoms with Gasteiger partial charge in [0.2, 0.25) is 5.91 Å². The molecule has 1 N–H and O–H groups in total. The Kier molecular flexibility index (Phi) is 5.70. The van der Waals surface area contributed by atoms with Gasteiger partial charge in [0.25, 0.3) is 0 Å². The Balaban J connectivity index is 2.16. The second kappa shape index (κ2) is 7.45. The molecule has 2 aromatic rings. The Morgan fingerprint density at radius 3 is 2.38 bits per heavy atom. The maximum absolute atomic E-state index is 13.5. The summed E-state index contributed by atoms with van der Waals surface area (Å²) >= 11 is 0. The lowest BCUT2D eigenvalue weighted by atomic mass is 10.1. The van der Waals surface area contributed by atoms with Gasteiger partial charge < -0.3 is 5.32 Å². The van der Waals surface area contributed by atoms with Crippen LogP contribution in [0.25, 0.3) is 0 Å². The van der Waals surface area contributed by atoms with E-state index in [0.29, 0.717) is 0 Å². The molecule has 140 valence electrons. The van der Waals surface area contributed by atoms with Gasteiger partial charge in [0.05, 0.1) is 17.0 Å². The largest absolute Gasteiger partial charge is 0.416 e. The highest BCUT2D eigenvalue weighted by molar-refractivity contribution is 7.92. The van der Waals surface area contributed by atoms with Crippen LogP contribution in [0, 0.1) is 5.82 Å². The molecule has 0 saturated carbocycles. The zero-order chi connectivity index (χ0) is 19.5. The van der Waals surface area contributed by atoms with E-state index < -0.39 is 44.3 Å². The van der Waals surface area contributed by atoms with Crippen molar-refractivity contribution < 1.29 is 30.8 Å². The van der Waals surface area contributed by atoms with E-state index in [4.69, 9.17) is 0 Å². The van der Waals surface area contributed by atoms with Gasteiger partial charge in [-0.3, -0.25) is 4.79 Å². The van der Waals surface area contributed by atoms with E-state index in [-0.39, 0.29) is 11.3 Å². The molecule has 0 aliphatic heterocycles. The summed E-state index contributed by atoms with van der Waals surface area (Å²) in [5, 5.41) is 0.592. The van der Waals surface area contributed by atoms with Crippen LogP contribution in [-0.4, -0.2) is 19.6 Å². The Hall–Kier alpha value is -2.42. The van der Waals surface area contributed by atoms with E-state index in [0.717, 1.165) is 31.2 Å². The first-order valence-corrected chi connectivity index (χ1v) is 9.15. The molecule has 0 aliphatic carbocycles. The van der Waals surface area contributed by atoms with Crippen LogP contribution in [0.4, 0.5) is 23.2 Å². The Morgan fingerprint density at radius 2 is 1.77 bits per heavy atom. The first-order chi connectivity index (χ1) is 12.0. The van der Waals surface area contributed by atoms with Crippen molar-refractivity contribution in [2.75, 3.05) is 5.32 Å². The Labute approximate surface area is 147 Å². The SMILES string of the molecule is CC(C(=O)Nc1ccccc1F)S(=O)(=O)Cc1cccc(C(F)(F)F)c1. The Bertz CT molecular complexity index is 910. The van der Waals surface area contributed by atoms with Gasteiger partial charge in [0.1, 0.15) is 11.1 Å². The molecule has 0 heterocycles. The normalized spacial score (nSPS) is 13.3. The second-order valence-corrected chi connectivity index (χ2v) is 7.94. The van der Waals surface area contributed by atoms with Gasteiger partial charge in [0.15, 0.2) is 9.84 Å². The highest BCUT2D eigenvalue weighted by Gasteiger charge is 2.32. The van der Waals surface area contributed by atoms with E-state index >= 15 is 0 Å². The van der Waals surface area contributed by atoms with E-state index in [1.807, 2.05) is 0 Å². The predicted octanol–water partition coefficient (Wildman–Crippen LogP) is 3.79. The van der Waals surface area contributed by atoms with Crippen molar-refractivity contribution in [1.29, 1.82) is 0 Å². The van der Waals surface area contributed by atoms with Gasteiger partial charge in [-0.15, -0.1) is 0 Å². The predicted molar refractivity (Wildman–Crippen MR) is 88.6 cm³/mol. The summed E-state index contributed by atoms with van der Waals surface area (Å²) in [6.07, 6.45) is -4.60. The van der Waals surface area contributed by atoms with Crippen LogP contribution in [0.15, 0.2) is 48.5 Å². The van der Waals surface area contributed by atoms with Crippen molar-refractivity contribution in [2.24, 2.45) is 0 Å². The van der Waals surface area contributed by atoms with Crippen molar-refractivity contribution in [3.63, 3.8) is 0 Å². The summed E-state index contributed by atoms with van der Waals surface area (Å²) in [6, 6.07) is 9.09. The number of rotatable bonds is 5. The molecule has 2 rings (SSSR count). The molecule has 1 amide bonds. The summed E-state index contributed by atoms with van der Waals surface area (Å²) < 4.78 is 76.4. The van der Waals surface area contributed by atoms with Crippen molar-refractivity contribution in [2.45, 2.75) is 24.1 Å². The van der Waals surface area contributed by atoms with Gasteiger partial charge >= 0.3 is 6.18 Å². The van der Waals surface area contributed by atoms with Crippen LogP contribution in [-0.2, 0) is 26.6 Å². The number of anilines is 1. The van der Waals surface area contributed by atoms with Crippen LogP contribution < -0.4 is 5.32 Å². The molecule has 0 radical (unpaired) electrons. The molecule has 0 aliphatic rings. The highest BCUT2D eigenvalue weighted by atomic mass is 32.2. The van der Waals surface area contributed by atoms with Crippen LogP contribution in [0.5, 0.6) is 0 Å². The van der Waals surface area contributed by atoms with Crippen LogP contribution in [0.3, 0.4) is 0 Å². The van der Waals surface area contributed by atoms with Crippen molar-refractivity contribution in [3.05, 3.63) is 65.5 Å². The lowest BCUT2D eigenvalue weighted by molar-refractivity contribution is -0.137. The first kappa shape index (κ1) is 19.9. The molecule has 0 bridgehead atoms. The fraction of sp³-hybridized carbons (Fsp3) is 0.235. The summed E-state index contributed by atoms with van der Waals surface area (Å²) in [6.45, 7) is 1.10. The maximum Gasteiger partial charge on any atom is 0.416 e. The number of sulfone groups is 1. The molecule has 0 fully saturated rings. The molecule has 0 saturated heterocycles. The third-order valence-corrected chi connectivity index (χ3v) is 5.69. The van der Waals surface area contributed by atoms with Gasteiger partial charge in [-0.05, 0) is 30.7 Å². The number of benzene rings is 2. The van der Waals surface area contributed by atoms with Gasteiger partial charge in [0, 0.05) is 0 Å². The van der Waals surface area contributed by atoms with Crippen molar-refractivity contribution in [1.82, 2.24) is 0 Å². The maximum atomic E-state index is 13.5. The third kappa shape index (κ3) is 4.81. The minimum Gasteiger partial charge on any atom is -0.322 e. The number of halogens is 4. The molecule has 2 aromatic carbocycles. The smallest absolute Gasteiger partial charge is 0.322 e. The average molecular weight is 389 g/mol. The standard InChI is InChI=1S/C17H15F4NO3S/c1-11(16(23)22-15-8-3-2-7-14(15)18)26(24,25)10-12-5-4-6-13(9-12)17(19,20)21/h2-9,11H,10H2,1H3,(H,22,23). The minimum absolute atomic E-state index is 0.0923. The lowest BCUT2D eigenvalue weighted by Crippen LogP contribution is -2.33. The van der Waals surface area contributed by atoms with E-state index in [9.17, 15) is 30.8 Å². The number of alkyl halides is 3. The summed E-state index contributed by atoms with van der Waals surface area (Å²) in [5.41, 5.74) is -1.25. The zero-order valence-corrected chi connectivity index (χ0v) is 14.4. The third-order valence-electron chi connectivity index (χ3n) is 3.66. The fourth-order valence-electron chi connectivity index (χ4n) is 2.15. The minimum atomic E-state index is -4.60. The average Bonchev–Trinajstić information content (AvgIpc) is 2.55. The topological polar surface area (TPSA) is 63.2 Å². The molecular formula is C17H15F4NO3S. The summed E-state index contributed by atoms with van der Waals surface area (Å²) in [5.74, 6) is -2.45. The van der Waals surface area contributed by atoms with Crippen LogP contribution in [0.2, 0.25) is 0 Å². The molecule has 4 nitrogen and oxygen atoms in total. The van der Waals surface area contributed by atoms with E-state index in [1.54, 1.807) is 0 Å². The monoisotopic (exact) mass is 389 g/mol.